The maximum absolute atomic E-state index is 12.0. The third-order valence-electron chi connectivity index (χ3n) is 2.88. The molecule has 0 fully saturated rings. The second kappa shape index (κ2) is 7.53. The number of carbonyl (C=O) groups is 2. The first-order chi connectivity index (χ1) is 9.43. The van der Waals surface area contributed by atoms with Crippen molar-refractivity contribution in [2.24, 2.45) is 5.92 Å². The predicted octanol–water partition coefficient (Wildman–Crippen LogP) is 1.54. The zero-order valence-corrected chi connectivity index (χ0v) is 12.5. The van der Waals surface area contributed by atoms with E-state index in [0.717, 1.165) is 11.3 Å². The van der Waals surface area contributed by atoms with Crippen molar-refractivity contribution in [3.05, 3.63) is 29.3 Å². The Labute approximate surface area is 120 Å². The molecule has 1 aromatic carbocycles. The number of aryl methyl sites for hydroxylation is 1. The van der Waals surface area contributed by atoms with Crippen LogP contribution in [-0.2, 0) is 4.79 Å². The van der Waals surface area contributed by atoms with Crippen LogP contribution in [0.4, 0.5) is 5.69 Å². The van der Waals surface area contributed by atoms with Crippen LogP contribution in [0.3, 0.4) is 0 Å². The Hall–Kier alpha value is -2.04. The molecule has 1 aromatic rings. The quantitative estimate of drug-likeness (QED) is 0.738. The van der Waals surface area contributed by atoms with Crippen molar-refractivity contribution in [2.75, 3.05) is 25.5 Å². The van der Waals surface area contributed by atoms with E-state index >= 15 is 0 Å². The summed E-state index contributed by atoms with van der Waals surface area (Å²) in [5, 5.41) is 8.40. The fourth-order valence-electron chi connectivity index (χ4n) is 1.71. The lowest BCUT2D eigenvalue weighted by molar-refractivity contribution is -0.120. The summed E-state index contributed by atoms with van der Waals surface area (Å²) in [4.78, 5) is 23.5. The van der Waals surface area contributed by atoms with Gasteiger partial charge in [0.25, 0.3) is 5.91 Å². The van der Waals surface area contributed by atoms with Gasteiger partial charge in [0.1, 0.15) is 0 Å². The summed E-state index contributed by atoms with van der Waals surface area (Å²) in [7, 11) is 1.83. The van der Waals surface area contributed by atoms with Crippen molar-refractivity contribution in [2.45, 2.75) is 20.8 Å². The molecule has 110 valence electrons. The number of anilines is 1. The molecule has 0 aromatic heterocycles. The molecule has 0 heterocycles. The Morgan fingerprint density at radius 1 is 1.20 bits per heavy atom. The zero-order valence-electron chi connectivity index (χ0n) is 12.5. The van der Waals surface area contributed by atoms with Crippen LogP contribution < -0.4 is 16.0 Å². The molecule has 0 bridgehead atoms. The molecule has 0 spiro atoms. The normalized spacial score (nSPS) is 10.2. The maximum atomic E-state index is 12.0. The number of hydrogen-bond donors (Lipinski definition) is 3. The van der Waals surface area contributed by atoms with Crippen molar-refractivity contribution < 1.29 is 9.59 Å². The minimum atomic E-state index is -0.232. The van der Waals surface area contributed by atoms with Gasteiger partial charge in [-0.1, -0.05) is 13.8 Å². The van der Waals surface area contributed by atoms with E-state index in [4.69, 9.17) is 0 Å². The minimum Gasteiger partial charge on any atom is -0.388 e. The smallest absolute Gasteiger partial charge is 0.251 e. The van der Waals surface area contributed by atoms with Gasteiger partial charge in [-0.3, -0.25) is 9.59 Å². The molecular weight excluding hydrogens is 254 g/mol. The molecule has 0 radical (unpaired) electrons. The largest absolute Gasteiger partial charge is 0.388 e. The van der Waals surface area contributed by atoms with Gasteiger partial charge in [-0.05, 0) is 36.6 Å². The summed E-state index contributed by atoms with van der Waals surface area (Å²) in [5.74, 6) is -0.00705. The molecule has 0 aliphatic heterocycles. The lowest BCUT2D eigenvalue weighted by Gasteiger charge is -2.10. The summed E-state index contributed by atoms with van der Waals surface area (Å²) >= 11 is 0. The summed E-state index contributed by atoms with van der Waals surface area (Å²) in [5.41, 5.74) is 2.41. The maximum Gasteiger partial charge on any atom is 0.251 e. The molecule has 5 nitrogen and oxygen atoms in total. The first kappa shape index (κ1) is 16.0. The van der Waals surface area contributed by atoms with Gasteiger partial charge in [-0.2, -0.15) is 0 Å². The van der Waals surface area contributed by atoms with Crippen molar-refractivity contribution in [1.82, 2.24) is 10.6 Å². The van der Waals surface area contributed by atoms with Gasteiger partial charge in [0.15, 0.2) is 0 Å². The van der Waals surface area contributed by atoms with Crippen LogP contribution in [0.15, 0.2) is 18.2 Å². The minimum absolute atomic E-state index is 0.00122. The molecular formula is C15H23N3O2. The Morgan fingerprint density at radius 3 is 2.45 bits per heavy atom. The van der Waals surface area contributed by atoms with E-state index in [1.165, 1.54) is 0 Å². The summed E-state index contributed by atoms with van der Waals surface area (Å²) < 4.78 is 0. The Kier molecular flexibility index (Phi) is 6.03. The van der Waals surface area contributed by atoms with Crippen molar-refractivity contribution in [3.63, 3.8) is 0 Å². The molecule has 0 saturated carbocycles. The SMILES string of the molecule is CNc1ccc(C(=O)NCC(=O)NCC(C)C)c(C)c1. The van der Waals surface area contributed by atoms with Crippen LogP contribution in [0.2, 0.25) is 0 Å². The van der Waals surface area contributed by atoms with Gasteiger partial charge in [0, 0.05) is 24.8 Å². The number of rotatable bonds is 6. The third kappa shape index (κ3) is 4.91. The lowest BCUT2D eigenvalue weighted by Crippen LogP contribution is -2.38. The molecule has 3 N–H and O–H groups in total. The van der Waals surface area contributed by atoms with E-state index in [0.29, 0.717) is 18.0 Å². The molecule has 0 saturated heterocycles. The van der Waals surface area contributed by atoms with Crippen LogP contribution in [0.5, 0.6) is 0 Å². The highest BCUT2D eigenvalue weighted by Gasteiger charge is 2.10. The monoisotopic (exact) mass is 277 g/mol. The summed E-state index contributed by atoms with van der Waals surface area (Å²) in [6.07, 6.45) is 0. The fourth-order valence-corrected chi connectivity index (χ4v) is 1.71. The van der Waals surface area contributed by atoms with Crippen LogP contribution in [-0.4, -0.2) is 32.0 Å². The van der Waals surface area contributed by atoms with E-state index in [2.05, 4.69) is 16.0 Å². The zero-order chi connectivity index (χ0) is 15.1. The van der Waals surface area contributed by atoms with E-state index < -0.39 is 0 Å². The fraction of sp³-hybridized carbons (Fsp3) is 0.467. The average Bonchev–Trinajstić information content (AvgIpc) is 2.42. The molecule has 1 rings (SSSR count). The van der Waals surface area contributed by atoms with Crippen LogP contribution in [0, 0.1) is 12.8 Å². The topological polar surface area (TPSA) is 70.2 Å². The van der Waals surface area contributed by atoms with E-state index in [9.17, 15) is 9.59 Å². The Morgan fingerprint density at radius 2 is 1.90 bits per heavy atom. The molecule has 5 heteroatoms. The molecule has 0 aliphatic rings. The Bertz CT molecular complexity index is 484. The second-order valence-electron chi connectivity index (χ2n) is 5.16. The first-order valence-electron chi connectivity index (χ1n) is 6.77. The number of hydrogen-bond acceptors (Lipinski definition) is 3. The molecule has 2 amide bonds. The van der Waals surface area contributed by atoms with E-state index in [1.54, 1.807) is 6.07 Å². The standard InChI is InChI=1S/C15H23N3O2/c1-10(2)8-17-14(19)9-18-15(20)13-6-5-12(16-4)7-11(13)3/h5-7,10,16H,8-9H2,1-4H3,(H,17,19)(H,18,20). The summed E-state index contributed by atoms with van der Waals surface area (Å²) in [6, 6.07) is 5.48. The second-order valence-corrected chi connectivity index (χ2v) is 5.16. The number of nitrogens with one attached hydrogen (secondary N) is 3. The molecule has 0 aliphatic carbocycles. The molecule has 20 heavy (non-hydrogen) atoms. The van der Waals surface area contributed by atoms with Gasteiger partial charge < -0.3 is 16.0 Å². The van der Waals surface area contributed by atoms with Crippen LogP contribution in [0.25, 0.3) is 0 Å². The predicted molar refractivity (Wildman–Crippen MR) is 80.9 cm³/mol. The highest BCUT2D eigenvalue weighted by molar-refractivity contribution is 5.98. The highest BCUT2D eigenvalue weighted by atomic mass is 16.2. The van der Waals surface area contributed by atoms with Gasteiger partial charge in [-0.15, -0.1) is 0 Å². The lowest BCUT2D eigenvalue weighted by atomic mass is 10.1. The number of amides is 2. The van der Waals surface area contributed by atoms with Crippen molar-refractivity contribution in [1.29, 1.82) is 0 Å². The van der Waals surface area contributed by atoms with Gasteiger partial charge in [-0.25, -0.2) is 0 Å². The molecule has 0 unspecified atom stereocenters. The van der Waals surface area contributed by atoms with Gasteiger partial charge in [0.05, 0.1) is 6.54 Å². The van der Waals surface area contributed by atoms with Crippen LogP contribution in [0.1, 0.15) is 29.8 Å². The van der Waals surface area contributed by atoms with Crippen molar-refractivity contribution in [3.8, 4) is 0 Å². The van der Waals surface area contributed by atoms with Gasteiger partial charge >= 0.3 is 0 Å². The third-order valence-corrected chi connectivity index (χ3v) is 2.88. The summed E-state index contributed by atoms with van der Waals surface area (Å²) in [6.45, 7) is 6.52. The average molecular weight is 277 g/mol. The molecule has 0 atom stereocenters. The number of benzene rings is 1. The number of carbonyl (C=O) groups excluding carboxylic acids is 2. The highest BCUT2D eigenvalue weighted by Crippen LogP contribution is 2.14. The van der Waals surface area contributed by atoms with Crippen molar-refractivity contribution >= 4 is 17.5 Å². The van der Waals surface area contributed by atoms with Gasteiger partial charge in [0.2, 0.25) is 5.91 Å². The van der Waals surface area contributed by atoms with E-state index in [-0.39, 0.29) is 18.4 Å². The van der Waals surface area contributed by atoms with Crippen LogP contribution >= 0.6 is 0 Å². The van der Waals surface area contributed by atoms with E-state index in [1.807, 2.05) is 40.0 Å². The Balaban J connectivity index is 2.53. The first-order valence-corrected chi connectivity index (χ1v) is 6.77.